The summed E-state index contributed by atoms with van der Waals surface area (Å²) in [6.45, 7) is 9.13. The van der Waals surface area contributed by atoms with Crippen molar-refractivity contribution >= 4 is 17.9 Å². The van der Waals surface area contributed by atoms with Crippen LogP contribution in [0, 0.1) is 35.5 Å². The van der Waals surface area contributed by atoms with Gasteiger partial charge in [-0.05, 0) is 56.0 Å². The molecular formula is C36H45NO9. The molecule has 1 saturated carbocycles. The van der Waals surface area contributed by atoms with Crippen molar-refractivity contribution in [1.82, 2.24) is 4.98 Å². The number of methoxy groups -OCH3 is 1. The molecule has 2 aromatic rings. The van der Waals surface area contributed by atoms with E-state index in [0.717, 1.165) is 0 Å². The topological polar surface area (TPSA) is 144 Å². The molecule has 1 aromatic heterocycles. The number of benzene rings is 1. The van der Waals surface area contributed by atoms with Gasteiger partial charge in [0.05, 0.1) is 17.3 Å². The van der Waals surface area contributed by atoms with Crippen LogP contribution in [0.2, 0.25) is 0 Å². The number of aromatic nitrogens is 1. The van der Waals surface area contributed by atoms with Crippen LogP contribution in [0.1, 0.15) is 61.9 Å². The molecule has 1 aliphatic heterocycles. The van der Waals surface area contributed by atoms with Gasteiger partial charge in [-0.15, -0.1) is 0 Å². The molecule has 1 aromatic carbocycles. The van der Waals surface area contributed by atoms with Crippen molar-refractivity contribution in [2.75, 3.05) is 7.11 Å². The molecule has 1 fully saturated rings. The summed E-state index contributed by atoms with van der Waals surface area (Å²) < 4.78 is 23.3. The number of fused-ring (bicyclic) bond motifs is 3. The number of aromatic amines is 1. The molecule has 3 aliphatic rings. The van der Waals surface area contributed by atoms with E-state index in [9.17, 15) is 24.6 Å². The first-order chi connectivity index (χ1) is 21.9. The monoisotopic (exact) mass is 635 g/mol. The Morgan fingerprint density at radius 3 is 2.41 bits per heavy atom. The minimum absolute atomic E-state index is 0.0940. The van der Waals surface area contributed by atoms with Crippen LogP contribution < -0.4 is 0 Å². The van der Waals surface area contributed by atoms with Gasteiger partial charge in [-0.3, -0.25) is 0 Å². The molecule has 0 saturated heterocycles. The maximum Gasteiger partial charge on any atom is 0.355 e. The summed E-state index contributed by atoms with van der Waals surface area (Å²) in [5, 5.41) is 24.8. The Hall–Kier alpha value is -3.73. The second kappa shape index (κ2) is 13.6. The van der Waals surface area contributed by atoms with Gasteiger partial charge < -0.3 is 34.1 Å². The number of cyclic esters (lactones) is 1. The number of hydrogen-bond donors (Lipinski definition) is 3. The van der Waals surface area contributed by atoms with Crippen molar-refractivity contribution < 1.29 is 43.5 Å². The summed E-state index contributed by atoms with van der Waals surface area (Å²) in [5.41, 5.74) is -0.278. The number of aliphatic hydroxyl groups excluding tert-OH is 1. The number of ether oxygens (including phenoxy) is 4. The summed E-state index contributed by atoms with van der Waals surface area (Å²) in [5.74, 6) is -4.51. The normalized spacial score (nSPS) is 37.8. The van der Waals surface area contributed by atoms with E-state index in [0.29, 0.717) is 16.8 Å². The molecule has 6 unspecified atom stereocenters. The molecule has 2 aliphatic carbocycles. The van der Waals surface area contributed by atoms with Gasteiger partial charge >= 0.3 is 17.9 Å². The SMILES string of the molecule is CO[C@H]1C[C@H]2C=C[C@H]3C(C)[C@H](OC(=O)c4ccc[nH]4)C(C)C(O)[C@H]3C2(O)/C(C)=C/C(C)[C@@H](C(C)OC(=O)c2ccccc2)OC1=O. The van der Waals surface area contributed by atoms with Gasteiger partial charge in [0.1, 0.15) is 24.0 Å². The van der Waals surface area contributed by atoms with Crippen molar-refractivity contribution in [3.8, 4) is 0 Å². The van der Waals surface area contributed by atoms with Gasteiger partial charge in [-0.25, -0.2) is 14.4 Å². The van der Waals surface area contributed by atoms with Gasteiger partial charge in [0.2, 0.25) is 0 Å². The second-order valence-corrected chi connectivity index (χ2v) is 13.1. The van der Waals surface area contributed by atoms with Crippen LogP contribution in [0.3, 0.4) is 0 Å². The lowest BCUT2D eigenvalue weighted by atomic mass is 9.53. The molecule has 0 amide bonds. The molecule has 0 bridgehead atoms. The molecule has 10 nitrogen and oxygen atoms in total. The Morgan fingerprint density at radius 1 is 1.04 bits per heavy atom. The number of carbonyl (C=O) groups is 3. The van der Waals surface area contributed by atoms with E-state index in [2.05, 4.69) is 4.98 Å². The van der Waals surface area contributed by atoms with E-state index in [1.807, 2.05) is 45.9 Å². The number of rotatable bonds is 6. The Kier molecular flexibility index (Phi) is 9.91. The van der Waals surface area contributed by atoms with Gasteiger partial charge in [0.25, 0.3) is 0 Å². The van der Waals surface area contributed by atoms with E-state index in [4.69, 9.17) is 18.9 Å². The number of allylic oxidation sites excluding steroid dienone is 1. The van der Waals surface area contributed by atoms with E-state index < -0.39 is 77.7 Å². The lowest BCUT2D eigenvalue weighted by Gasteiger charge is -2.57. The van der Waals surface area contributed by atoms with E-state index in [-0.39, 0.29) is 18.3 Å². The molecule has 248 valence electrons. The van der Waals surface area contributed by atoms with Gasteiger partial charge in [-0.1, -0.05) is 57.2 Å². The lowest BCUT2D eigenvalue weighted by Crippen LogP contribution is -2.63. The van der Waals surface area contributed by atoms with Crippen molar-refractivity contribution in [1.29, 1.82) is 0 Å². The predicted molar refractivity (Wildman–Crippen MR) is 168 cm³/mol. The van der Waals surface area contributed by atoms with Gasteiger partial charge in [0, 0.05) is 42.9 Å². The molecule has 0 spiro atoms. The maximum atomic E-state index is 13.5. The molecule has 10 heteroatoms. The summed E-state index contributed by atoms with van der Waals surface area (Å²) in [6, 6.07) is 11.9. The first-order valence-electron chi connectivity index (χ1n) is 16.0. The Labute approximate surface area is 269 Å². The zero-order valence-corrected chi connectivity index (χ0v) is 27.2. The zero-order chi connectivity index (χ0) is 33.3. The Morgan fingerprint density at radius 2 is 1.76 bits per heavy atom. The highest BCUT2D eigenvalue weighted by Crippen LogP contribution is 2.54. The fourth-order valence-electron chi connectivity index (χ4n) is 7.81. The number of aliphatic hydroxyl groups is 2. The van der Waals surface area contributed by atoms with Crippen LogP contribution >= 0.6 is 0 Å². The highest BCUT2D eigenvalue weighted by atomic mass is 16.6. The number of esters is 3. The minimum Gasteiger partial charge on any atom is -0.457 e. The number of carbonyl (C=O) groups excluding carboxylic acids is 3. The second-order valence-electron chi connectivity index (χ2n) is 13.1. The van der Waals surface area contributed by atoms with Crippen LogP contribution in [0.4, 0.5) is 0 Å². The molecular weight excluding hydrogens is 590 g/mol. The molecule has 5 rings (SSSR count). The van der Waals surface area contributed by atoms with Crippen LogP contribution in [0.25, 0.3) is 0 Å². The highest BCUT2D eigenvalue weighted by Gasteiger charge is 2.60. The molecule has 46 heavy (non-hydrogen) atoms. The Bertz CT molecular complexity index is 1450. The van der Waals surface area contributed by atoms with Crippen molar-refractivity contribution in [3.05, 3.63) is 83.7 Å². The lowest BCUT2D eigenvalue weighted by molar-refractivity contribution is -0.183. The van der Waals surface area contributed by atoms with Crippen molar-refractivity contribution in [2.45, 2.75) is 77.2 Å². The minimum atomic E-state index is -1.58. The summed E-state index contributed by atoms with van der Waals surface area (Å²) in [6.07, 6.45) is 3.05. The summed E-state index contributed by atoms with van der Waals surface area (Å²) in [4.78, 5) is 42.2. The molecule has 2 heterocycles. The van der Waals surface area contributed by atoms with E-state index in [1.165, 1.54) is 7.11 Å². The number of nitrogens with one attached hydrogen (secondary N) is 1. The van der Waals surface area contributed by atoms with Crippen LogP contribution in [0.5, 0.6) is 0 Å². The smallest absolute Gasteiger partial charge is 0.355 e. The van der Waals surface area contributed by atoms with Gasteiger partial charge in [-0.2, -0.15) is 0 Å². The summed E-state index contributed by atoms with van der Waals surface area (Å²) >= 11 is 0. The van der Waals surface area contributed by atoms with Crippen molar-refractivity contribution in [3.63, 3.8) is 0 Å². The third-order valence-corrected chi connectivity index (χ3v) is 10.4. The molecule has 12 atom stereocenters. The summed E-state index contributed by atoms with van der Waals surface area (Å²) in [7, 11) is 1.41. The number of hydrogen-bond acceptors (Lipinski definition) is 9. The third kappa shape index (κ3) is 6.18. The molecule has 3 N–H and O–H groups in total. The predicted octanol–water partition coefficient (Wildman–Crippen LogP) is 4.49. The zero-order valence-electron chi connectivity index (χ0n) is 27.2. The largest absolute Gasteiger partial charge is 0.457 e. The first kappa shape index (κ1) is 33.6. The quantitative estimate of drug-likeness (QED) is 0.238. The average Bonchev–Trinajstić information content (AvgIpc) is 3.59. The standard InChI is InChI=1S/C36H45NO9/c1-19-17-20(2)36(42)25(18-28(43-6)35(41)45-31(19)23(5)44-33(39)24-11-8-7-9-12-24)14-15-26-21(3)32(22(4)30(38)29(26)36)46-34(40)27-13-10-16-37-27/h7-17,19,21-23,25-26,28-32,37-38,42H,18H2,1-6H3/b20-17+/t19?,21?,22?,23?,25-,26+,28+,29+,30?,31+,32+,36?/m1/s1. The van der Waals surface area contributed by atoms with Crippen molar-refractivity contribution in [2.24, 2.45) is 35.5 Å². The molecule has 0 radical (unpaired) electrons. The Balaban J connectivity index is 1.48. The fourth-order valence-corrected chi connectivity index (χ4v) is 7.81. The maximum absolute atomic E-state index is 13.5. The number of H-pyrrole nitrogens is 1. The van der Waals surface area contributed by atoms with E-state index in [1.54, 1.807) is 55.6 Å². The van der Waals surface area contributed by atoms with Crippen LogP contribution in [-0.4, -0.2) is 76.3 Å². The highest BCUT2D eigenvalue weighted by molar-refractivity contribution is 5.89. The van der Waals surface area contributed by atoms with E-state index >= 15 is 0 Å². The van der Waals surface area contributed by atoms with Gasteiger partial charge in [0.15, 0.2) is 6.10 Å². The average molecular weight is 636 g/mol. The van der Waals surface area contributed by atoms with Crippen LogP contribution in [0.15, 0.2) is 72.5 Å². The fraction of sp³-hybridized carbons (Fsp3) is 0.528. The van der Waals surface area contributed by atoms with Crippen LogP contribution in [-0.2, 0) is 23.7 Å². The third-order valence-electron chi connectivity index (χ3n) is 10.4. The first-order valence-corrected chi connectivity index (χ1v) is 16.0.